The third-order valence-corrected chi connectivity index (χ3v) is 6.89. The molecule has 0 saturated carbocycles. The fourth-order valence-corrected chi connectivity index (χ4v) is 4.54. The fourth-order valence-electron chi connectivity index (χ4n) is 3.90. The molecule has 0 atom stereocenters. The number of sulfone groups is 1. The van der Waals surface area contributed by atoms with Crippen molar-refractivity contribution >= 4 is 27.4 Å². The summed E-state index contributed by atoms with van der Waals surface area (Å²) in [5.74, 6) is 1.78. The lowest BCUT2D eigenvalue weighted by Gasteiger charge is -2.26. The van der Waals surface area contributed by atoms with Crippen molar-refractivity contribution in [2.45, 2.75) is 19.6 Å². The summed E-state index contributed by atoms with van der Waals surface area (Å²) in [5.41, 5.74) is 4.02. The second kappa shape index (κ2) is 12.0. The first-order chi connectivity index (χ1) is 17.4. The molecule has 0 spiro atoms. The van der Waals surface area contributed by atoms with Crippen molar-refractivity contribution in [2.75, 3.05) is 44.0 Å². The third-order valence-electron chi connectivity index (χ3n) is 5.97. The predicted octanol–water partition coefficient (Wildman–Crippen LogP) is 3.95. The predicted molar refractivity (Wildman–Crippen MR) is 144 cm³/mol. The average molecular weight is 508 g/mol. The van der Waals surface area contributed by atoms with Crippen LogP contribution in [0.4, 0.5) is 11.5 Å². The molecule has 2 heterocycles. The van der Waals surface area contributed by atoms with Crippen LogP contribution in [0.25, 0.3) is 6.08 Å². The normalized spacial score (nSPS) is 13.0. The molecule has 0 radical (unpaired) electrons. The molecule has 9 heteroatoms. The molecular formula is C27H33N5O3S. The van der Waals surface area contributed by atoms with Crippen LogP contribution in [-0.4, -0.2) is 66.9 Å². The molecule has 0 saturated heterocycles. The second-order valence-corrected chi connectivity index (χ2v) is 11.3. The maximum atomic E-state index is 11.3. The van der Waals surface area contributed by atoms with Gasteiger partial charge in [0, 0.05) is 36.8 Å². The van der Waals surface area contributed by atoms with Crippen LogP contribution in [-0.2, 0) is 23.0 Å². The summed E-state index contributed by atoms with van der Waals surface area (Å²) in [6.45, 7) is 3.51. The van der Waals surface area contributed by atoms with Gasteiger partial charge in [-0.1, -0.05) is 30.3 Å². The first-order valence-corrected chi connectivity index (χ1v) is 14.1. The standard InChI is InChI=1S/C27H33N5O3S/c1-31(17-18-36(2,33)34)14-6-15-32-16-13-25-26(19-32)28-21-29-27(25)30-23-9-11-24(12-10-23)35-20-22-7-4-3-5-8-22/h3-5,7-13,16,21H,6,14-15,17-20H2,1-2H3,(H,28,29,30). The molecule has 0 bridgehead atoms. The Kier molecular flexibility index (Phi) is 8.56. The van der Waals surface area contributed by atoms with Gasteiger partial charge in [-0.15, -0.1) is 0 Å². The number of rotatable bonds is 12. The van der Waals surface area contributed by atoms with Gasteiger partial charge in [0.25, 0.3) is 0 Å². The maximum absolute atomic E-state index is 11.3. The summed E-state index contributed by atoms with van der Waals surface area (Å²) in [4.78, 5) is 13.2. The number of hydrogen-bond acceptors (Lipinski definition) is 8. The van der Waals surface area contributed by atoms with E-state index < -0.39 is 9.84 Å². The number of fused-ring (bicyclic) bond motifs is 1. The zero-order valence-electron chi connectivity index (χ0n) is 20.8. The quantitative estimate of drug-likeness (QED) is 0.394. The van der Waals surface area contributed by atoms with Crippen molar-refractivity contribution in [3.05, 3.63) is 83.9 Å². The molecule has 1 aliphatic rings. The largest absolute Gasteiger partial charge is 0.489 e. The Morgan fingerprint density at radius 2 is 1.83 bits per heavy atom. The molecule has 0 aliphatic carbocycles. The summed E-state index contributed by atoms with van der Waals surface area (Å²) in [7, 11) is -0.972. The highest BCUT2D eigenvalue weighted by Crippen LogP contribution is 2.27. The molecule has 4 rings (SSSR count). The lowest BCUT2D eigenvalue weighted by Crippen LogP contribution is -2.29. The van der Waals surface area contributed by atoms with Crippen LogP contribution in [0.1, 0.15) is 23.2 Å². The van der Waals surface area contributed by atoms with Crippen molar-refractivity contribution in [1.29, 1.82) is 0 Å². The number of aromatic nitrogens is 2. The molecule has 0 fully saturated rings. The van der Waals surface area contributed by atoms with Crippen molar-refractivity contribution in [2.24, 2.45) is 0 Å². The van der Waals surface area contributed by atoms with E-state index in [1.807, 2.05) is 67.7 Å². The molecule has 1 N–H and O–H groups in total. The zero-order chi connectivity index (χ0) is 25.4. The van der Waals surface area contributed by atoms with Crippen LogP contribution < -0.4 is 10.1 Å². The monoisotopic (exact) mass is 507 g/mol. The van der Waals surface area contributed by atoms with E-state index in [-0.39, 0.29) is 5.75 Å². The number of hydrogen-bond donors (Lipinski definition) is 1. The Labute approximate surface area is 213 Å². The Bertz CT molecular complexity index is 1260. The van der Waals surface area contributed by atoms with Gasteiger partial charge in [0.2, 0.25) is 0 Å². The summed E-state index contributed by atoms with van der Waals surface area (Å²) >= 11 is 0. The summed E-state index contributed by atoms with van der Waals surface area (Å²) in [6, 6.07) is 18.0. The number of benzene rings is 2. The van der Waals surface area contributed by atoms with E-state index in [0.717, 1.165) is 53.6 Å². The maximum Gasteiger partial charge on any atom is 0.148 e. The second-order valence-electron chi connectivity index (χ2n) is 9.08. The first-order valence-electron chi connectivity index (χ1n) is 12.0. The van der Waals surface area contributed by atoms with E-state index in [4.69, 9.17) is 4.74 Å². The van der Waals surface area contributed by atoms with Gasteiger partial charge in [-0.05, 0) is 55.9 Å². The molecule has 190 valence electrons. The van der Waals surface area contributed by atoms with Crippen LogP contribution in [0.5, 0.6) is 5.75 Å². The van der Waals surface area contributed by atoms with E-state index in [1.54, 1.807) is 6.33 Å². The Hall–Kier alpha value is -3.43. The topological polar surface area (TPSA) is 87.7 Å². The lowest BCUT2D eigenvalue weighted by atomic mass is 10.1. The van der Waals surface area contributed by atoms with E-state index in [0.29, 0.717) is 19.7 Å². The van der Waals surface area contributed by atoms with Gasteiger partial charge in [-0.2, -0.15) is 0 Å². The molecule has 3 aromatic rings. The molecule has 0 amide bonds. The highest BCUT2D eigenvalue weighted by Gasteiger charge is 2.16. The summed E-state index contributed by atoms with van der Waals surface area (Å²) in [6.07, 6.45) is 7.93. The first kappa shape index (κ1) is 25.7. The van der Waals surface area contributed by atoms with Crippen molar-refractivity contribution in [1.82, 2.24) is 19.8 Å². The minimum atomic E-state index is -2.93. The third kappa shape index (κ3) is 7.79. The van der Waals surface area contributed by atoms with Crippen LogP contribution >= 0.6 is 0 Å². The van der Waals surface area contributed by atoms with Crippen molar-refractivity contribution in [3.8, 4) is 5.75 Å². The van der Waals surface area contributed by atoms with Gasteiger partial charge >= 0.3 is 0 Å². The fraction of sp³-hybridized carbons (Fsp3) is 0.333. The van der Waals surface area contributed by atoms with Gasteiger partial charge < -0.3 is 19.9 Å². The van der Waals surface area contributed by atoms with Crippen LogP contribution in [0.15, 0.2) is 67.1 Å². The Morgan fingerprint density at radius 1 is 1.06 bits per heavy atom. The summed E-state index contributed by atoms with van der Waals surface area (Å²) < 4.78 is 28.6. The van der Waals surface area contributed by atoms with Gasteiger partial charge in [0.15, 0.2) is 0 Å². The molecule has 2 aromatic carbocycles. The number of nitrogens with one attached hydrogen (secondary N) is 1. The van der Waals surface area contributed by atoms with E-state index >= 15 is 0 Å². The number of anilines is 2. The molecule has 0 unspecified atom stereocenters. The Balaban J connectivity index is 1.28. The van der Waals surface area contributed by atoms with Crippen LogP contribution in [0, 0.1) is 0 Å². The van der Waals surface area contributed by atoms with Gasteiger partial charge in [-0.25, -0.2) is 18.4 Å². The summed E-state index contributed by atoms with van der Waals surface area (Å²) in [5, 5.41) is 3.40. The smallest absolute Gasteiger partial charge is 0.148 e. The van der Waals surface area contributed by atoms with Crippen LogP contribution in [0.2, 0.25) is 0 Å². The highest BCUT2D eigenvalue weighted by molar-refractivity contribution is 7.90. The molecular weight excluding hydrogens is 474 g/mol. The van der Waals surface area contributed by atoms with E-state index in [2.05, 4.69) is 31.3 Å². The van der Waals surface area contributed by atoms with Gasteiger partial charge in [0.05, 0.1) is 18.0 Å². The molecule has 36 heavy (non-hydrogen) atoms. The number of ether oxygens (including phenoxy) is 1. The van der Waals surface area contributed by atoms with E-state index in [9.17, 15) is 8.42 Å². The average Bonchev–Trinajstić information content (AvgIpc) is 2.87. The van der Waals surface area contributed by atoms with E-state index in [1.165, 1.54) is 6.26 Å². The van der Waals surface area contributed by atoms with Gasteiger partial charge in [0.1, 0.15) is 34.3 Å². The Morgan fingerprint density at radius 3 is 2.58 bits per heavy atom. The van der Waals surface area contributed by atoms with Crippen molar-refractivity contribution in [3.63, 3.8) is 0 Å². The minimum Gasteiger partial charge on any atom is -0.489 e. The van der Waals surface area contributed by atoms with Gasteiger partial charge in [-0.3, -0.25) is 0 Å². The minimum absolute atomic E-state index is 0.191. The lowest BCUT2D eigenvalue weighted by molar-refractivity contribution is 0.298. The SMILES string of the molecule is CN(CCCN1C=Cc2c(ncnc2Nc2ccc(OCc3ccccc3)cc2)C1)CCS(C)(=O)=O. The number of nitrogens with zero attached hydrogens (tertiary/aromatic N) is 4. The molecule has 8 nitrogen and oxygen atoms in total. The molecule has 1 aliphatic heterocycles. The highest BCUT2D eigenvalue weighted by atomic mass is 32.2. The zero-order valence-corrected chi connectivity index (χ0v) is 21.6. The molecule has 1 aromatic heterocycles. The van der Waals surface area contributed by atoms with Crippen LogP contribution in [0.3, 0.4) is 0 Å². The van der Waals surface area contributed by atoms with Crippen molar-refractivity contribution < 1.29 is 13.2 Å².